The van der Waals surface area contributed by atoms with Crippen molar-refractivity contribution in [1.29, 1.82) is 0 Å². The van der Waals surface area contributed by atoms with Crippen LogP contribution in [-0.2, 0) is 42.7 Å². The maximum Gasteiger partial charge on any atom is 2.00 e. The number of ether oxygens (including phenoxy) is 1. The second kappa shape index (κ2) is 20.9. The first-order valence-corrected chi connectivity index (χ1v) is 28.5. The third-order valence-electron chi connectivity index (χ3n) is 16.9. The number of nitrogens with zero attached hydrogens (tertiary/aromatic N) is 4. The molecule has 412 valence electrons. The molecule has 1 aliphatic carbocycles. The predicted octanol–water partition coefficient (Wildman–Crippen LogP) is 20.3. The van der Waals surface area contributed by atoms with E-state index in [9.17, 15) is 2.74 Å². The van der Waals surface area contributed by atoms with Crippen molar-refractivity contribution in [3.63, 3.8) is 0 Å². The molecule has 0 spiro atoms. The van der Waals surface area contributed by atoms with E-state index in [4.69, 9.17) is 15.2 Å². The van der Waals surface area contributed by atoms with Crippen molar-refractivity contribution in [1.82, 2.24) is 18.7 Å². The Morgan fingerprint density at radius 2 is 1.27 bits per heavy atom. The topological polar surface area (TPSA) is 33.1 Å². The molecule has 0 atom stereocenters. The summed E-state index contributed by atoms with van der Waals surface area (Å²) in [6.45, 7) is 19.2. The van der Waals surface area contributed by atoms with E-state index in [1.54, 1.807) is 12.3 Å². The van der Waals surface area contributed by atoms with E-state index in [2.05, 4.69) is 195 Å². The van der Waals surface area contributed by atoms with Crippen LogP contribution in [0, 0.1) is 19.0 Å². The van der Waals surface area contributed by atoms with Gasteiger partial charge in [0.2, 0.25) is 5.69 Å². The van der Waals surface area contributed by atoms with E-state index in [0.717, 1.165) is 85.1 Å². The fourth-order valence-electron chi connectivity index (χ4n) is 12.5. The smallest absolute Gasteiger partial charge is 0.509 e. The summed E-state index contributed by atoms with van der Waals surface area (Å²) in [6.07, 6.45) is 3.10. The van der Waals surface area contributed by atoms with Gasteiger partial charge in [0.1, 0.15) is 11.5 Å². The fourth-order valence-corrected chi connectivity index (χ4v) is 12.5. The molecule has 0 saturated carbocycles. The molecule has 13 rings (SSSR count). The summed E-state index contributed by atoms with van der Waals surface area (Å²) in [6, 6.07) is 71.0. The average molecular weight is 1270 g/mol. The Morgan fingerprint density at radius 3 is 2.05 bits per heavy atom. The molecule has 0 radical (unpaired) electrons. The molecule has 11 aromatic rings. The summed E-state index contributed by atoms with van der Waals surface area (Å²) >= 11 is 0. The van der Waals surface area contributed by atoms with Crippen LogP contribution in [0.1, 0.15) is 118 Å². The standard InChI is InChI=1S/C77H70N4O.Pt/c1-50-44-70(78-48-63(50)60-33-22-36-65-72(60)77(10,11)43-42-76(65,8)9)81-68-39-23-31-57(51-24-13-12-14-25-51)71(68)62-41-40-56(47-69(62)81)82-55-29-20-28-54(46-55)79-49-80(67-38-18-17-37-66(67)79)73-58(52-26-19-27-53(45-52)74(2,3)4)32-21-34-61(73)59-30-15-16-35-64(59)75(5,6)7;/h12-41,44-45,48H,42-43H2,1-11H3;/q;+2/i1D3,22D,33D,36D;. The number of para-hydroxylation sites is 3. The maximum absolute atomic E-state index is 9.46. The number of pyridine rings is 1. The van der Waals surface area contributed by atoms with Gasteiger partial charge in [0.05, 0.1) is 15.2 Å². The number of fused-ring (bicyclic) bond motifs is 5. The van der Waals surface area contributed by atoms with E-state index >= 15 is 0 Å². The van der Waals surface area contributed by atoms with Crippen LogP contribution < -0.4 is 13.9 Å². The van der Waals surface area contributed by atoms with Crippen molar-refractivity contribution in [2.75, 3.05) is 0 Å². The molecule has 5 nitrogen and oxygen atoms in total. The summed E-state index contributed by atoms with van der Waals surface area (Å²) < 4.78 is 68.2. The molecule has 6 heteroatoms. The third-order valence-corrected chi connectivity index (χ3v) is 16.9. The van der Waals surface area contributed by atoms with Crippen molar-refractivity contribution in [2.45, 2.75) is 111 Å². The zero-order valence-corrected chi connectivity index (χ0v) is 51.0. The monoisotopic (exact) mass is 1270 g/mol. The van der Waals surface area contributed by atoms with Gasteiger partial charge in [-0.25, -0.2) is 4.98 Å². The molecule has 83 heavy (non-hydrogen) atoms. The van der Waals surface area contributed by atoms with Gasteiger partial charge in [0, 0.05) is 45.0 Å². The van der Waals surface area contributed by atoms with Gasteiger partial charge in [-0.05, 0) is 131 Å². The molecule has 0 amide bonds. The Kier molecular flexibility index (Phi) is 12.2. The van der Waals surface area contributed by atoms with Crippen molar-refractivity contribution >= 4 is 50.6 Å². The first-order valence-electron chi connectivity index (χ1n) is 31.5. The molecule has 1 aliphatic heterocycles. The Bertz CT molecular complexity index is 4750. The summed E-state index contributed by atoms with van der Waals surface area (Å²) in [5.74, 6) is 1.18. The number of aromatic nitrogens is 2. The second-order valence-electron chi connectivity index (χ2n) is 25.4. The number of benzene rings is 9. The first kappa shape index (κ1) is 48.3. The van der Waals surface area contributed by atoms with E-state index in [1.165, 1.54) is 11.1 Å². The largest absolute Gasteiger partial charge is 2.00 e. The molecule has 0 bridgehead atoms. The van der Waals surface area contributed by atoms with Gasteiger partial charge in [0.25, 0.3) is 11.4 Å². The minimum Gasteiger partial charge on any atom is -0.509 e. The van der Waals surface area contributed by atoms with Crippen LogP contribution in [0.4, 0.5) is 22.7 Å². The molecule has 0 N–H and O–H groups in total. The quantitative estimate of drug-likeness (QED) is 0.107. The normalized spacial score (nSPS) is 15.6. The second-order valence-corrected chi connectivity index (χ2v) is 25.4. The molecular formula is C77H70N4OPt+2. The van der Waals surface area contributed by atoms with Crippen molar-refractivity contribution in [2.24, 2.45) is 0 Å². The maximum atomic E-state index is 9.46. The zero-order chi connectivity index (χ0) is 62.0. The van der Waals surface area contributed by atoms with Gasteiger partial charge in [0.15, 0.2) is 0 Å². The van der Waals surface area contributed by atoms with E-state index in [0.29, 0.717) is 39.6 Å². The van der Waals surface area contributed by atoms with Crippen LogP contribution in [0.2, 0.25) is 0 Å². The van der Waals surface area contributed by atoms with Gasteiger partial charge in [-0.1, -0.05) is 219 Å². The Labute approximate surface area is 513 Å². The molecule has 0 fully saturated rings. The summed E-state index contributed by atoms with van der Waals surface area (Å²) in [4.78, 5) is 5.13. The molecule has 0 saturated heterocycles. The Morgan fingerprint density at radius 1 is 0.602 bits per heavy atom. The van der Waals surface area contributed by atoms with Crippen LogP contribution in [0.5, 0.6) is 11.5 Å². The summed E-state index contributed by atoms with van der Waals surface area (Å²) in [5, 5.41) is 1.78. The molecular weight excluding hydrogens is 1190 g/mol. The van der Waals surface area contributed by atoms with E-state index in [1.807, 2.05) is 75.9 Å². The van der Waals surface area contributed by atoms with Crippen LogP contribution in [0.15, 0.2) is 200 Å². The van der Waals surface area contributed by atoms with Crippen LogP contribution >= 0.6 is 0 Å². The summed E-state index contributed by atoms with van der Waals surface area (Å²) in [5.41, 5.74) is 14.7. The van der Waals surface area contributed by atoms with Crippen molar-refractivity contribution in [3.05, 3.63) is 240 Å². The van der Waals surface area contributed by atoms with E-state index < -0.39 is 17.7 Å². The van der Waals surface area contributed by atoms with Crippen molar-refractivity contribution < 1.29 is 34.0 Å². The minimum absolute atomic E-state index is 0. The van der Waals surface area contributed by atoms with Gasteiger partial charge < -0.3 is 9.30 Å². The summed E-state index contributed by atoms with van der Waals surface area (Å²) in [7, 11) is 0. The van der Waals surface area contributed by atoms with Gasteiger partial charge in [-0.2, -0.15) is 12.1 Å². The van der Waals surface area contributed by atoms with Crippen LogP contribution in [0.3, 0.4) is 0 Å². The number of aryl methyl sites for hydroxylation is 1. The minimum atomic E-state index is -2.67. The predicted molar refractivity (Wildman–Crippen MR) is 343 cm³/mol. The Hall–Kier alpha value is -8.20. The SMILES string of the molecule is [2H]c1c([2H])c(-c2cnc(-n3c4[c-]c(Oc5[c-]c([N+]6=C=[N+](c7c(-c8cccc(C(C)(C)C)c8)cccc7-c7ccccc7C(C)(C)C)c7ccccc76)ccc5)ccc4c4c(-c5ccccc5)cccc43)cc2C([2H])([2H])[2H])c2c(c1[2H])C(C)(C)CCC2(C)C.[Pt+2]. The van der Waals surface area contributed by atoms with Gasteiger partial charge in [-0.15, -0.1) is 23.6 Å². The average Bonchev–Trinajstić information content (AvgIpc) is 1.44. The third kappa shape index (κ3) is 9.82. The fraction of sp³-hybridized carbons (Fsp3) is 0.221. The van der Waals surface area contributed by atoms with Gasteiger partial charge >= 0.3 is 27.1 Å². The van der Waals surface area contributed by atoms with E-state index in [-0.39, 0.29) is 61.1 Å². The van der Waals surface area contributed by atoms with Gasteiger partial charge in [-0.3, -0.25) is 0 Å². The van der Waals surface area contributed by atoms with Crippen LogP contribution in [-0.4, -0.2) is 15.6 Å². The molecule has 0 unspecified atom stereocenters. The van der Waals surface area contributed by atoms with Crippen LogP contribution in [0.25, 0.3) is 72.1 Å². The van der Waals surface area contributed by atoms with Crippen molar-refractivity contribution in [3.8, 4) is 61.8 Å². The number of hydrogen-bond acceptors (Lipinski definition) is 2. The zero-order valence-electron chi connectivity index (χ0n) is 54.7. The molecule has 2 aromatic heterocycles. The molecule has 9 aromatic carbocycles. The number of rotatable bonds is 9. The first-order chi connectivity index (χ1) is 41.8. The Balaban J connectivity index is 0.00000769. The molecule has 3 heterocycles. The molecule has 2 aliphatic rings. The number of hydrogen-bond donors (Lipinski definition) is 0.